The molecule has 1 amide bonds. The lowest BCUT2D eigenvalue weighted by Crippen LogP contribution is -2.44. The molecule has 6 nitrogen and oxygen atoms in total. The Labute approximate surface area is 175 Å². The van der Waals surface area contributed by atoms with Gasteiger partial charge in [-0.05, 0) is 16.9 Å². The normalized spacial score (nSPS) is 11.4. The molecular formula is C22H25NO5S. The van der Waals surface area contributed by atoms with Crippen molar-refractivity contribution in [3.63, 3.8) is 0 Å². The van der Waals surface area contributed by atoms with Crippen LogP contribution in [-0.4, -0.2) is 40.9 Å². The molecule has 1 atom stereocenters. The summed E-state index contributed by atoms with van der Waals surface area (Å²) in [5.41, 5.74) is 1.65. The van der Waals surface area contributed by atoms with Crippen LogP contribution in [0.2, 0.25) is 0 Å². The van der Waals surface area contributed by atoms with E-state index < -0.39 is 18.1 Å². The summed E-state index contributed by atoms with van der Waals surface area (Å²) >= 11 is 1.11. The highest BCUT2D eigenvalue weighted by molar-refractivity contribution is 8.13. The molecule has 2 rings (SSSR count). The maximum atomic E-state index is 12.6. The van der Waals surface area contributed by atoms with Crippen molar-refractivity contribution >= 4 is 28.9 Å². The second kappa shape index (κ2) is 11.9. The largest absolute Gasteiger partial charge is 0.459 e. The minimum Gasteiger partial charge on any atom is -0.459 e. The number of likely N-dealkylation sites (N-methyl/N-ethyl adjacent to an activating group) is 1. The topological polar surface area (TPSA) is 72.9 Å². The Morgan fingerprint density at radius 2 is 1.41 bits per heavy atom. The van der Waals surface area contributed by atoms with Crippen LogP contribution in [0.15, 0.2) is 60.7 Å². The van der Waals surface area contributed by atoms with Crippen molar-refractivity contribution < 1.29 is 23.9 Å². The lowest BCUT2D eigenvalue weighted by atomic mass is 10.2. The van der Waals surface area contributed by atoms with Crippen molar-refractivity contribution in [1.29, 1.82) is 0 Å². The molecule has 0 bridgehead atoms. The summed E-state index contributed by atoms with van der Waals surface area (Å²) in [6.07, 6.45) is -0.826. The number of thioether (sulfide) groups is 1. The molecule has 0 heterocycles. The van der Waals surface area contributed by atoms with Crippen LogP contribution in [0.4, 0.5) is 4.79 Å². The van der Waals surface area contributed by atoms with Crippen LogP contribution in [0.3, 0.4) is 0 Å². The van der Waals surface area contributed by atoms with Gasteiger partial charge in [0.15, 0.2) is 5.12 Å². The molecule has 0 fully saturated rings. The monoisotopic (exact) mass is 415 g/mol. The van der Waals surface area contributed by atoms with Gasteiger partial charge in [0.05, 0.1) is 0 Å². The molecule has 0 radical (unpaired) electrons. The van der Waals surface area contributed by atoms with E-state index in [4.69, 9.17) is 9.47 Å². The zero-order valence-electron chi connectivity index (χ0n) is 16.6. The van der Waals surface area contributed by atoms with Crippen molar-refractivity contribution in [3.05, 3.63) is 71.8 Å². The summed E-state index contributed by atoms with van der Waals surface area (Å²) in [6.45, 7) is 1.99. The maximum Gasteiger partial charge on any atom is 0.410 e. The second-order valence-corrected chi connectivity index (χ2v) is 7.59. The number of rotatable bonds is 9. The lowest BCUT2D eigenvalue weighted by molar-refractivity contribution is -0.151. The number of carbonyl (C=O) groups excluding carboxylic acids is 3. The molecule has 0 saturated carbocycles. The molecule has 7 heteroatoms. The van der Waals surface area contributed by atoms with E-state index >= 15 is 0 Å². The third-order valence-corrected chi connectivity index (χ3v) is 4.90. The fourth-order valence-corrected chi connectivity index (χ4v) is 3.13. The maximum absolute atomic E-state index is 12.6. The van der Waals surface area contributed by atoms with Gasteiger partial charge >= 0.3 is 12.1 Å². The summed E-state index contributed by atoms with van der Waals surface area (Å²) in [6, 6.07) is 17.4. The number of hydrogen-bond donors (Lipinski definition) is 0. The van der Waals surface area contributed by atoms with Gasteiger partial charge in [-0.15, -0.1) is 0 Å². The van der Waals surface area contributed by atoms with Crippen molar-refractivity contribution in [3.8, 4) is 0 Å². The number of ether oxygens (including phenoxy) is 2. The Balaban J connectivity index is 2.01. The Morgan fingerprint density at radius 3 is 1.93 bits per heavy atom. The molecule has 2 aromatic rings. The highest BCUT2D eigenvalue weighted by Gasteiger charge is 2.31. The van der Waals surface area contributed by atoms with Gasteiger partial charge in [0.1, 0.15) is 19.3 Å². The quantitative estimate of drug-likeness (QED) is 0.576. The first-order chi connectivity index (χ1) is 14.0. The first-order valence-corrected chi connectivity index (χ1v) is 10.3. The van der Waals surface area contributed by atoms with E-state index in [0.29, 0.717) is 5.75 Å². The molecule has 0 unspecified atom stereocenters. The molecule has 2 aromatic carbocycles. The Morgan fingerprint density at radius 1 is 0.897 bits per heavy atom. The third-order valence-electron chi connectivity index (χ3n) is 4.12. The predicted octanol–water partition coefficient (Wildman–Crippen LogP) is 4.04. The van der Waals surface area contributed by atoms with Crippen LogP contribution in [-0.2, 0) is 32.3 Å². The number of benzene rings is 2. The van der Waals surface area contributed by atoms with E-state index in [1.54, 1.807) is 0 Å². The number of carbonyl (C=O) groups is 3. The van der Waals surface area contributed by atoms with Gasteiger partial charge in [-0.25, -0.2) is 9.59 Å². The van der Waals surface area contributed by atoms with Crippen LogP contribution in [0.25, 0.3) is 0 Å². The highest BCUT2D eigenvalue weighted by atomic mass is 32.2. The fourth-order valence-electron chi connectivity index (χ4n) is 2.53. The standard InChI is InChI=1S/C22H25NO5S/c1-3-29-20(24)14-19(21(25)27-15-17-10-6-4-7-11-17)23(2)22(26)28-16-18-12-8-5-9-13-18/h4-13,19H,3,14-16H2,1-2H3/t19-/m0/s1. The molecule has 0 aromatic heterocycles. The molecule has 0 saturated heterocycles. The first-order valence-electron chi connectivity index (χ1n) is 9.31. The van der Waals surface area contributed by atoms with Crippen LogP contribution < -0.4 is 0 Å². The Hall–Kier alpha value is -2.80. The minimum atomic E-state index is -1.05. The van der Waals surface area contributed by atoms with Crippen LogP contribution in [0, 0.1) is 0 Å². The van der Waals surface area contributed by atoms with E-state index in [-0.39, 0.29) is 24.7 Å². The predicted molar refractivity (Wildman–Crippen MR) is 112 cm³/mol. The first kappa shape index (κ1) is 22.5. The van der Waals surface area contributed by atoms with Crippen molar-refractivity contribution in [2.45, 2.75) is 32.6 Å². The van der Waals surface area contributed by atoms with Gasteiger partial charge in [0.2, 0.25) is 0 Å². The molecule has 0 aliphatic carbocycles. The van der Waals surface area contributed by atoms with Crippen LogP contribution in [0.1, 0.15) is 24.5 Å². The number of hydrogen-bond acceptors (Lipinski definition) is 6. The van der Waals surface area contributed by atoms with Crippen molar-refractivity contribution in [2.75, 3.05) is 12.8 Å². The van der Waals surface area contributed by atoms with Crippen LogP contribution >= 0.6 is 11.8 Å². The van der Waals surface area contributed by atoms with Crippen molar-refractivity contribution in [1.82, 2.24) is 4.90 Å². The molecule has 0 aliphatic rings. The highest BCUT2D eigenvalue weighted by Crippen LogP contribution is 2.15. The number of amides is 1. The van der Waals surface area contributed by atoms with Crippen LogP contribution in [0.5, 0.6) is 0 Å². The zero-order chi connectivity index (χ0) is 21.1. The molecule has 154 valence electrons. The average Bonchev–Trinajstić information content (AvgIpc) is 2.75. The van der Waals surface area contributed by atoms with Gasteiger partial charge in [0, 0.05) is 13.5 Å². The smallest absolute Gasteiger partial charge is 0.410 e. The molecule has 0 N–H and O–H groups in total. The van der Waals surface area contributed by atoms with Gasteiger partial charge in [0.25, 0.3) is 0 Å². The molecule has 0 spiro atoms. The Bertz CT molecular complexity index is 797. The summed E-state index contributed by atoms with van der Waals surface area (Å²) < 4.78 is 10.6. The second-order valence-electron chi connectivity index (χ2n) is 6.27. The van der Waals surface area contributed by atoms with E-state index in [0.717, 1.165) is 27.8 Å². The summed E-state index contributed by atoms with van der Waals surface area (Å²) in [7, 11) is 1.44. The lowest BCUT2D eigenvalue weighted by Gasteiger charge is -2.25. The molecule has 29 heavy (non-hydrogen) atoms. The van der Waals surface area contributed by atoms with E-state index in [1.807, 2.05) is 67.6 Å². The van der Waals surface area contributed by atoms with Gasteiger partial charge in [-0.1, -0.05) is 79.3 Å². The van der Waals surface area contributed by atoms with Gasteiger partial charge in [-0.3, -0.25) is 9.69 Å². The van der Waals surface area contributed by atoms with Crippen molar-refractivity contribution in [2.24, 2.45) is 0 Å². The molecule has 0 aliphatic heterocycles. The fraction of sp³-hybridized carbons (Fsp3) is 0.318. The third kappa shape index (κ3) is 7.62. The summed E-state index contributed by atoms with van der Waals surface area (Å²) in [5.74, 6) is -0.0506. The van der Waals surface area contributed by atoms with Gasteiger partial charge in [-0.2, -0.15) is 0 Å². The summed E-state index contributed by atoms with van der Waals surface area (Å²) in [5, 5.41) is -0.183. The van der Waals surface area contributed by atoms with E-state index in [9.17, 15) is 14.4 Å². The molecular weight excluding hydrogens is 390 g/mol. The van der Waals surface area contributed by atoms with E-state index in [2.05, 4.69) is 0 Å². The van der Waals surface area contributed by atoms with Gasteiger partial charge < -0.3 is 9.47 Å². The average molecular weight is 416 g/mol. The van der Waals surface area contributed by atoms with E-state index in [1.165, 1.54) is 7.05 Å². The zero-order valence-corrected chi connectivity index (χ0v) is 17.4. The Kier molecular flexibility index (Phi) is 9.24. The number of nitrogens with zero attached hydrogens (tertiary/aromatic N) is 1. The number of esters is 1. The summed E-state index contributed by atoms with van der Waals surface area (Å²) in [4.78, 5) is 38.3. The SMILES string of the molecule is CCSC(=O)C[C@@H](C(=O)OCc1ccccc1)N(C)C(=O)OCc1ccccc1. The minimum absolute atomic E-state index is 0.0676.